The Balaban J connectivity index is 1.70. The lowest BCUT2D eigenvalue weighted by Gasteiger charge is -2.28. The van der Waals surface area contributed by atoms with E-state index in [-0.39, 0.29) is 11.5 Å². The van der Waals surface area contributed by atoms with E-state index in [2.05, 4.69) is 25.7 Å². The molecule has 148 valence electrons. The van der Waals surface area contributed by atoms with Gasteiger partial charge >= 0.3 is 0 Å². The number of hydrogen-bond acceptors (Lipinski definition) is 8. The van der Waals surface area contributed by atoms with Crippen LogP contribution in [0.1, 0.15) is 11.7 Å². The summed E-state index contributed by atoms with van der Waals surface area (Å²) in [5, 5.41) is 9.89. The zero-order chi connectivity index (χ0) is 19.9. The fourth-order valence-corrected chi connectivity index (χ4v) is 3.09. The minimum absolute atomic E-state index is 0.0203. The van der Waals surface area contributed by atoms with Crippen molar-refractivity contribution in [2.75, 3.05) is 20.2 Å². The van der Waals surface area contributed by atoms with Gasteiger partial charge in [0.05, 0.1) is 25.0 Å². The van der Waals surface area contributed by atoms with Gasteiger partial charge in [0, 0.05) is 48.8 Å². The fourth-order valence-electron chi connectivity index (χ4n) is 3.09. The molecule has 1 unspecified atom stereocenters. The largest absolute Gasteiger partial charge is 0.496 e. The predicted octanol–water partition coefficient (Wildman–Crippen LogP) is 0.276. The Morgan fingerprint density at radius 3 is 2.79 bits per heavy atom. The van der Waals surface area contributed by atoms with Crippen LogP contribution in [-0.4, -0.2) is 47.2 Å². The van der Waals surface area contributed by atoms with Crippen molar-refractivity contribution >= 4 is 5.84 Å². The third-order valence-corrected chi connectivity index (χ3v) is 4.70. The summed E-state index contributed by atoms with van der Waals surface area (Å²) in [6.07, 6.45) is 3.70. The topological polar surface area (TPSA) is 128 Å². The highest BCUT2D eigenvalue weighted by atomic mass is 19.3. The molecule has 1 fully saturated rings. The molecule has 28 heavy (non-hydrogen) atoms. The lowest BCUT2D eigenvalue weighted by molar-refractivity contribution is 0.218. The maximum Gasteiger partial charge on any atom is 0.295 e. The van der Waals surface area contributed by atoms with Gasteiger partial charge in [-0.15, -0.1) is 0 Å². The lowest BCUT2D eigenvalue weighted by atomic mass is 10.0. The number of aromatic nitrogens is 3. The maximum atomic E-state index is 13.1. The molecule has 1 atom stereocenters. The number of rotatable bonds is 5. The van der Waals surface area contributed by atoms with Crippen LogP contribution in [-0.2, 0) is 5.66 Å². The molecule has 2 aliphatic heterocycles. The third-order valence-electron chi connectivity index (χ3n) is 4.70. The summed E-state index contributed by atoms with van der Waals surface area (Å²) >= 11 is 0. The Morgan fingerprint density at radius 2 is 2.14 bits per heavy atom. The fraction of sp³-hybridized carbons (Fsp3) is 0.353. The summed E-state index contributed by atoms with van der Waals surface area (Å²) in [6, 6.07) is 1.89. The second-order valence-electron chi connectivity index (χ2n) is 6.64. The van der Waals surface area contributed by atoms with Crippen molar-refractivity contribution in [3.05, 3.63) is 42.2 Å². The normalized spacial score (nSPS) is 22.3. The Kier molecular flexibility index (Phi) is 4.47. The Bertz CT molecular complexity index is 952. The van der Waals surface area contributed by atoms with E-state index in [4.69, 9.17) is 16.2 Å². The van der Waals surface area contributed by atoms with Crippen LogP contribution in [0.4, 0.5) is 8.78 Å². The summed E-state index contributed by atoms with van der Waals surface area (Å²) in [4.78, 5) is 8.23. The van der Waals surface area contributed by atoms with Gasteiger partial charge in [0.2, 0.25) is 0 Å². The molecule has 0 aromatic carbocycles. The van der Waals surface area contributed by atoms with Crippen molar-refractivity contribution in [2.45, 2.75) is 18.1 Å². The first-order valence-electron chi connectivity index (χ1n) is 8.61. The second-order valence-corrected chi connectivity index (χ2v) is 6.64. The lowest BCUT2D eigenvalue weighted by Crippen LogP contribution is -2.46. The van der Waals surface area contributed by atoms with E-state index in [1.54, 1.807) is 18.5 Å². The zero-order valence-corrected chi connectivity index (χ0v) is 15.1. The smallest absolute Gasteiger partial charge is 0.295 e. The summed E-state index contributed by atoms with van der Waals surface area (Å²) in [5.74, 6) is -0.156. The first-order valence-corrected chi connectivity index (χ1v) is 8.61. The van der Waals surface area contributed by atoms with E-state index >= 15 is 0 Å². The average Bonchev–Trinajstić information content (AvgIpc) is 3.08. The highest BCUT2D eigenvalue weighted by molar-refractivity contribution is 5.88. The zero-order valence-electron chi connectivity index (χ0n) is 15.1. The minimum atomic E-state index is -2.84. The van der Waals surface area contributed by atoms with Gasteiger partial charge in [0.15, 0.2) is 11.5 Å². The van der Waals surface area contributed by atoms with E-state index in [9.17, 15) is 8.78 Å². The molecule has 2 aromatic rings. The molecule has 0 spiro atoms. The van der Waals surface area contributed by atoms with Crippen molar-refractivity contribution in [3.63, 3.8) is 0 Å². The number of ether oxygens (including phenoxy) is 1. The van der Waals surface area contributed by atoms with Crippen molar-refractivity contribution in [3.8, 4) is 16.9 Å². The molecule has 11 heteroatoms. The predicted molar refractivity (Wildman–Crippen MR) is 98.6 cm³/mol. The van der Waals surface area contributed by atoms with Crippen molar-refractivity contribution in [2.24, 2.45) is 16.5 Å². The van der Waals surface area contributed by atoms with Crippen LogP contribution in [0, 0.1) is 0 Å². The van der Waals surface area contributed by atoms with Gasteiger partial charge in [-0.2, -0.15) is 5.10 Å². The highest BCUT2D eigenvalue weighted by Gasteiger charge is 2.34. The van der Waals surface area contributed by atoms with E-state index in [0.29, 0.717) is 17.4 Å². The molecule has 2 aliphatic rings. The molecule has 9 nitrogen and oxygen atoms in total. The number of nitrogens with two attached hydrogens (primary N) is 2. The van der Waals surface area contributed by atoms with Crippen LogP contribution in [0.15, 0.2) is 41.5 Å². The molecular formula is C17H20F2N8O. The van der Waals surface area contributed by atoms with Crippen LogP contribution >= 0.6 is 0 Å². The summed E-state index contributed by atoms with van der Waals surface area (Å²) < 4.78 is 33.6. The Morgan fingerprint density at radius 1 is 1.36 bits per heavy atom. The molecule has 4 heterocycles. The molecule has 1 saturated heterocycles. The number of halogens is 2. The van der Waals surface area contributed by atoms with Gasteiger partial charge in [-0.05, 0) is 0 Å². The van der Waals surface area contributed by atoms with Gasteiger partial charge in [-0.3, -0.25) is 15.4 Å². The average molecular weight is 390 g/mol. The molecule has 0 amide bonds. The molecule has 0 saturated carbocycles. The Labute approximate surface area is 159 Å². The first kappa shape index (κ1) is 18.3. The van der Waals surface area contributed by atoms with E-state index < -0.39 is 17.9 Å². The molecular weight excluding hydrogens is 370 g/mol. The van der Waals surface area contributed by atoms with Crippen LogP contribution in [0.2, 0.25) is 0 Å². The number of amidine groups is 1. The van der Waals surface area contributed by atoms with Crippen LogP contribution in [0.5, 0.6) is 5.75 Å². The van der Waals surface area contributed by atoms with Gasteiger partial charge < -0.3 is 21.1 Å². The maximum absolute atomic E-state index is 13.1. The van der Waals surface area contributed by atoms with E-state index in [1.807, 2.05) is 10.9 Å². The summed E-state index contributed by atoms with van der Waals surface area (Å²) in [7, 11) is 1.51. The van der Waals surface area contributed by atoms with Crippen molar-refractivity contribution in [1.82, 2.24) is 25.4 Å². The van der Waals surface area contributed by atoms with Crippen molar-refractivity contribution < 1.29 is 13.5 Å². The third kappa shape index (κ3) is 3.18. The van der Waals surface area contributed by atoms with E-state index in [1.165, 1.54) is 13.2 Å². The monoisotopic (exact) mass is 390 g/mol. The molecule has 0 bridgehead atoms. The minimum Gasteiger partial charge on any atom is -0.496 e. The van der Waals surface area contributed by atoms with Gasteiger partial charge in [0.25, 0.3) is 6.43 Å². The standard InChI is InChI=1S/C17H20F2N8O/c1-28-12-2-13(17(21)3-14(20)25-16(26-17)15(18)19)23-7-11(12)9-4-24-27(8-9)10-5-22-6-10/h2-4,7-8,10,15,22H,5-6,20-21H2,1H3,(H,25,26). The number of pyridine rings is 1. The van der Waals surface area contributed by atoms with E-state index in [0.717, 1.165) is 18.7 Å². The Hall–Kier alpha value is -3.05. The highest BCUT2D eigenvalue weighted by Crippen LogP contribution is 2.34. The van der Waals surface area contributed by atoms with Gasteiger partial charge in [0.1, 0.15) is 11.6 Å². The van der Waals surface area contributed by atoms with Crippen LogP contribution < -0.4 is 26.8 Å². The number of hydrogen-bond donors (Lipinski definition) is 4. The number of nitrogens with one attached hydrogen (secondary N) is 2. The number of nitrogens with zero attached hydrogens (tertiary/aromatic N) is 4. The quantitative estimate of drug-likeness (QED) is 0.577. The van der Waals surface area contributed by atoms with Crippen LogP contribution in [0.3, 0.4) is 0 Å². The number of alkyl halides is 2. The SMILES string of the molecule is COc1cc(C2(N)C=C(N)NC(C(F)F)=N2)ncc1-c1cnn(C2CNC2)c1. The molecule has 0 radical (unpaired) electrons. The second kappa shape index (κ2) is 6.84. The molecule has 4 rings (SSSR count). The summed E-state index contributed by atoms with van der Waals surface area (Å²) in [5.41, 5.74) is 12.0. The first-order chi connectivity index (χ1) is 13.4. The van der Waals surface area contributed by atoms with Crippen LogP contribution in [0.25, 0.3) is 11.1 Å². The molecule has 0 aliphatic carbocycles. The molecule has 2 aromatic heterocycles. The number of methoxy groups -OCH3 is 1. The van der Waals surface area contributed by atoms with Gasteiger partial charge in [-0.1, -0.05) is 0 Å². The number of aliphatic imine (C=N–C) groups is 1. The van der Waals surface area contributed by atoms with Crippen molar-refractivity contribution in [1.29, 1.82) is 0 Å². The molecule has 6 N–H and O–H groups in total. The van der Waals surface area contributed by atoms with Gasteiger partial charge in [-0.25, -0.2) is 13.8 Å². The summed E-state index contributed by atoms with van der Waals surface area (Å²) in [6.45, 7) is 1.74.